The van der Waals surface area contributed by atoms with Gasteiger partial charge in [-0.3, -0.25) is 0 Å². The molecule has 9 aromatic rings. The molecule has 0 spiro atoms. The van der Waals surface area contributed by atoms with Crippen LogP contribution >= 0.6 is 0 Å². The fourth-order valence-corrected chi connectivity index (χ4v) is 9.99. The second-order valence-electron chi connectivity index (χ2n) is 23.6. The predicted molar refractivity (Wildman–Crippen MR) is 297 cm³/mol. The van der Waals surface area contributed by atoms with Crippen LogP contribution in [0.25, 0.3) is 27.6 Å². The second-order valence-corrected chi connectivity index (χ2v) is 23.6. The summed E-state index contributed by atoms with van der Waals surface area (Å²) in [5, 5.41) is 2.25. The zero-order chi connectivity index (χ0) is 50.3. The molecule has 0 saturated heterocycles. The first-order chi connectivity index (χ1) is 33.6. The molecule has 72 heavy (non-hydrogen) atoms. The minimum atomic E-state index is -0.247. The summed E-state index contributed by atoms with van der Waals surface area (Å²) in [6.07, 6.45) is 1.94. The number of ether oxygens (including phenoxy) is 1. The van der Waals surface area contributed by atoms with Gasteiger partial charge in [0.2, 0.25) is 0 Å². The van der Waals surface area contributed by atoms with Crippen molar-refractivity contribution in [2.24, 2.45) is 0 Å². The van der Waals surface area contributed by atoms with Gasteiger partial charge in [0.25, 0.3) is 0 Å². The summed E-state index contributed by atoms with van der Waals surface area (Å²) in [4.78, 5) is 9.66. The molecule has 0 aliphatic carbocycles. The molecule has 5 nitrogen and oxygen atoms in total. The van der Waals surface area contributed by atoms with E-state index in [0.29, 0.717) is 11.5 Å². The van der Waals surface area contributed by atoms with Crippen molar-refractivity contribution in [1.82, 2.24) is 9.55 Å². The van der Waals surface area contributed by atoms with Crippen LogP contribution in [0.2, 0.25) is 0 Å². The van der Waals surface area contributed by atoms with Crippen LogP contribution < -0.4 is 14.5 Å². The van der Waals surface area contributed by atoms with Crippen molar-refractivity contribution >= 4 is 44.6 Å². The molecule has 0 amide bonds. The van der Waals surface area contributed by atoms with Gasteiger partial charge in [-0.25, -0.2) is 4.98 Å². The summed E-state index contributed by atoms with van der Waals surface area (Å²) in [5.74, 6) is 2.06. The first-order valence-electron chi connectivity index (χ1n) is 25.1. The molecule has 7 aromatic carbocycles. The first-order valence-corrected chi connectivity index (χ1v) is 25.1. The number of pyridine rings is 1. The van der Waals surface area contributed by atoms with Crippen molar-refractivity contribution in [3.05, 3.63) is 222 Å². The maximum absolute atomic E-state index is 6.99. The van der Waals surface area contributed by atoms with Gasteiger partial charge in [0.15, 0.2) is 0 Å². The van der Waals surface area contributed by atoms with Crippen molar-refractivity contribution in [2.45, 2.75) is 117 Å². The van der Waals surface area contributed by atoms with Crippen LogP contribution in [0.4, 0.5) is 22.7 Å². The topological polar surface area (TPSA) is 33.5 Å². The first kappa shape index (κ1) is 50.5. The Morgan fingerprint density at radius 3 is 1.68 bits per heavy atom. The Morgan fingerprint density at radius 1 is 0.444 bits per heavy atom. The summed E-state index contributed by atoms with van der Waals surface area (Å²) < 4.78 is 9.24. The third-order valence-electron chi connectivity index (χ3n) is 14.8. The fraction of sp³-hybridized carbons (Fsp3) is 0.273. The molecule has 0 fully saturated rings. The summed E-state index contributed by atoms with van der Waals surface area (Å²) in [6.45, 7) is 31.8. The van der Waals surface area contributed by atoms with E-state index in [1.807, 2.05) is 12.3 Å². The van der Waals surface area contributed by atoms with Crippen molar-refractivity contribution in [3.63, 3.8) is 0 Å². The van der Waals surface area contributed by atoms with E-state index in [4.69, 9.17) is 9.72 Å². The molecule has 1 aliphatic heterocycles. The normalized spacial score (nSPS) is 13.4. The third kappa shape index (κ3) is 9.42. The van der Waals surface area contributed by atoms with Gasteiger partial charge in [-0.1, -0.05) is 187 Å². The molecule has 10 rings (SSSR count). The van der Waals surface area contributed by atoms with Crippen LogP contribution in [0.15, 0.2) is 164 Å². The zero-order valence-electron chi connectivity index (χ0n) is 44.2. The standard InChI is InChI=1S/C66H67N4O.Pt/c1-62(2,3)46-25-20-26-51(35-46)68-43-69(58-32-28-48(39-60(58)68)65(10,11)44-21-16-14-17-22-44)52-36-50(64(7,8)9)37-54(41-52)71-53-29-30-55-56-38-47(63(4,5)6)27-31-57(56)70(59(55)42-53)61-40-49(33-34-67-61)66(12,13)45-23-18-15-19-24-45;/h14-40,43H,1-13H3;/q-3;. The number of anilines is 4. The second kappa shape index (κ2) is 18.6. The Kier molecular flexibility index (Phi) is 13.0. The summed E-state index contributed by atoms with van der Waals surface area (Å²) in [6, 6.07) is 64.7. The Morgan fingerprint density at radius 2 is 1.04 bits per heavy atom. The van der Waals surface area contributed by atoms with Crippen molar-refractivity contribution in [2.75, 3.05) is 9.80 Å². The zero-order valence-corrected chi connectivity index (χ0v) is 46.5. The van der Waals surface area contributed by atoms with E-state index < -0.39 is 0 Å². The van der Waals surface area contributed by atoms with E-state index in [9.17, 15) is 0 Å². The summed E-state index contributed by atoms with van der Waals surface area (Å²) in [5.41, 5.74) is 14.1. The van der Waals surface area contributed by atoms with E-state index in [2.05, 4.69) is 275 Å². The van der Waals surface area contributed by atoms with E-state index in [1.54, 1.807) is 0 Å². The molecule has 0 atom stereocenters. The molecule has 2 aromatic heterocycles. The van der Waals surface area contributed by atoms with Crippen LogP contribution in [0.1, 0.15) is 129 Å². The number of benzene rings is 7. The van der Waals surface area contributed by atoms with Gasteiger partial charge in [0.1, 0.15) is 5.82 Å². The Labute approximate surface area is 443 Å². The molecule has 0 N–H and O–H groups in total. The number of rotatable bonds is 9. The van der Waals surface area contributed by atoms with E-state index in [0.717, 1.165) is 55.9 Å². The Balaban J connectivity index is 0.00000640. The Hall–Kier alpha value is -6.42. The fourth-order valence-electron chi connectivity index (χ4n) is 9.99. The smallest absolute Gasteiger partial charge is 0.135 e. The monoisotopic (exact) mass is 1130 g/mol. The van der Waals surface area contributed by atoms with Crippen LogP contribution in [-0.2, 0) is 48.1 Å². The molecular weight excluding hydrogens is 1060 g/mol. The average Bonchev–Trinajstić information content (AvgIpc) is 3.89. The third-order valence-corrected chi connectivity index (χ3v) is 14.8. The Bertz CT molecular complexity index is 3440. The van der Waals surface area contributed by atoms with Gasteiger partial charge >= 0.3 is 0 Å². The minimum absolute atomic E-state index is 0. The molecule has 1 aliphatic rings. The maximum Gasteiger partial charge on any atom is 0.135 e. The quantitative estimate of drug-likeness (QED) is 0.135. The van der Waals surface area contributed by atoms with Crippen molar-refractivity contribution in [1.29, 1.82) is 0 Å². The van der Waals surface area contributed by atoms with Gasteiger partial charge in [0, 0.05) is 72.2 Å². The summed E-state index contributed by atoms with van der Waals surface area (Å²) >= 11 is 0. The van der Waals surface area contributed by atoms with Crippen LogP contribution in [-0.4, -0.2) is 9.55 Å². The summed E-state index contributed by atoms with van der Waals surface area (Å²) in [7, 11) is 0. The van der Waals surface area contributed by atoms with Crippen molar-refractivity contribution in [3.8, 4) is 17.3 Å². The minimum Gasteiger partial charge on any atom is -0.509 e. The number of hydrogen-bond acceptors (Lipinski definition) is 4. The average molecular weight is 1130 g/mol. The number of hydrogen-bond donors (Lipinski definition) is 0. The number of aromatic nitrogens is 2. The SMILES string of the molecule is CC(C)(C)c1cc(Oc2[c-]c3c(cc2)c2cc(C(C)(C)C)ccc2n3-c2cc(C(C)(C)c3ccccc3)ccn2)[c-]c(N2[CH-]N(c3cccc(C(C)(C)C)c3)c3cc(C(C)(C)c4ccccc4)ccc32)c1.[Pt]. The van der Waals surface area contributed by atoms with Crippen molar-refractivity contribution < 1.29 is 25.8 Å². The number of fused-ring (bicyclic) bond motifs is 4. The van der Waals surface area contributed by atoms with Gasteiger partial charge < -0.3 is 19.1 Å². The molecule has 0 saturated carbocycles. The molecular formula is C66H67N4OPt-3. The predicted octanol–water partition coefficient (Wildman–Crippen LogP) is 17.5. The van der Waals surface area contributed by atoms with Crippen LogP contribution in [0.3, 0.4) is 0 Å². The maximum atomic E-state index is 6.99. The molecule has 6 heteroatoms. The van der Waals surface area contributed by atoms with Crippen LogP contribution in [0, 0.1) is 18.8 Å². The van der Waals surface area contributed by atoms with Crippen LogP contribution in [0.5, 0.6) is 11.5 Å². The van der Waals surface area contributed by atoms with Gasteiger partial charge in [-0.05, 0) is 97.5 Å². The van der Waals surface area contributed by atoms with Gasteiger partial charge in [-0.15, -0.1) is 53.6 Å². The molecule has 0 bridgehead atoms. The van der Waals surface area contributed by atoms with Gasteiger partial charge in [0.05, 0.1) is 0 Å². The molecule has 370 valence electrons. The molecule has 0 radical (unpaired) electrons. The largest absolute Gasteiger partial charge is 0.509 e. The van der Waals surface area contributed by atoms with Gasteiger partial charge in [-0.2, -0.15) is 6.07 Å². The molecule has 0 unspecified atom stereocenters. The van der Waals surface area contributed by atoms with E-state index in [-0.39, 0.29) is 48.1 Å². The number of nitrogens with zero attached hydrogens (tertiary/aromatic N) is 4. The van der Waals surface area contributed by atoms with E-state index >= 15 is 0 Å². The van der Waals surface area contributed by atoms with E-state index in [1.165, 1.54) is 33.4 Å². The molecule has 3 heterocycles.